The van der Waals surface area contributed by atoms with Gasteiger partial charge >= 0.3 is 0 Å². The van der Waals surface area contributed by atoms with Crippen LogP contribution < -0.4 is 0 Å². The van der Waals surface area contributed by atoms with Gasteiger partial charge in [0.2, 0.25) is 0 Å². The minimum atomic E-state index is 0.0241. The maximum absolute atomic E-state index is 5.88. The number of rotatable bonds is 6. The van der Waals surface area contributed by atoms with Gasteiger partial charge in [-0.25, -0.2) is 0 Å². The van der Waals surface area contributed by atoms with E-state index < -0.39 is 0 Å². The summed E-state index contributed by atoms with van der Waals surface area (Å²) in [5, 5.41) is 0.859. The Morgan fingerprint density at radius 1 is 1.33 bits per heavy atom. The fraction of sp³-hybridized carbons (Fsp3) is 0.500. The van der Waals surface area contributed by atoms with Crippen molar-refractivity contribution in [3.63, 3.8) is 0 Å². The molecule has 0 heterocycles. The number of hydrogen-bond donors (Lipinski definition) is 0. The number of ether oxygens (including phenoxy) is 1. The van der Waals surface area contributed by atoms with Crippen LogP contribution in [0.3, 0.4) is 0 Å². The molecule has 0 aliphatic heterocycles. The summed E-state index contributed by atoms with van der Waals surface area (Å²) in [7, 11) is 0. The molecule has 1 atom stereocenters. The molecule has 0 spiro atoms. The Morgan fingerprint density at radius 2 is 2.00 bits per heavy atom. The van der Waals surface area contributed by atoms with Crippen LogP contribution in [0.15, 0.2) is 30.3 Å². The summed E-state index contributed by atoms with van der Waals surface area (Å²) in [4.78, 5) is 0. The van der Waals surface area contributed by atoms with E-state index in [0.717, 1.165) is 5.33 Å². The van der Waals surface area contributed by atoms with Crippen LogP contribution in [0, 0.1) is 5.41 Å². The molecule has 1 aromatic rings. The molecular formula is C12H16BrClO. The molecule has 0 aliphatic carbocycles. The van der Waals surface area contributed by atoms with Crippen LogP contribution in [0.5, 0.6) is 0 Å². The van der Waals surface area contributed by atoms with E-state index in [0.29, 0.717) is 19.1 Å². The first-order chi connectivity index (χ1) is 7.20. The summed E-state index contributed by atoms with van der Waals surface area (Å²) >= 11 is 9.33. The predicted octanol–water partition coefficient (Wildman–Crippen LogP) is 3.84. The van der Waals surface area contributed by atoms with Gasteiger partial charge in [0.15, 0.2) is 0 Å². The molecule has 1 unspecified atom stereocenters. The van der Waals surface area contributed by atoms with E-state index in [2.05, 4.69) is 35.0 Å². The van der Waals surface area contributed by atoms with Crippen molar-refractivity contribution < 1.29 is 4.74 Å². The number of halogens is 2. The molecule has 15 heavy (non-hydrogen) atoms. The first-order valence-corrected chi connectivity index (χ1v) is 6.59. The van der Waals surface area contributed by atoms with Gasteiger partial charge < -0.3 is 4.74 Å². The Morgan fingerprint density at radius 3 is 2.53 bits per heavy atom. The first kappa shape index (κ1) is 13.0. The topological polar surface area (TPSA) is 9.23 Å². The van der Waals surface area contributed by atoms with Gasteiger partial charge in [-0.15, -0.1) is 11.6 Å². The Kier molecular flexibility index (Phi) is 5.65. The van der Waals surface area contributed by atoms with Crippen LogP contribution in [0.2, 0.25) is 0 Å². The van der Waals surface area contributed by atoms with Crippen molar-refractivity contribution in [1.29, 1.82) is 0 Å². The zero-order valence-corrected chi connectivity index (χ0v) is 11.2. The average Bonchev–Trinajstić information content (AvgIpc) is 2.30. The van der Waals surface area contributed by atoms with Gasteiger partial charge in [0, 0.05) is 16.6 Å². The summed E-state index contributed by atoms with van der Waals surface area (Å²) in [6.45, 7) is 3.44. The lowest BCUT2D eigenvalue weighted by Crippen LogP contribution is -2.26. The van der Waals surface area contributed by atoms with Gasteiger partial charge in [-0.1, -0.05) is 53.2 Å². The molecule has 0 aromatic heterocycles. The Bertz CT molecular complexity index is 272. The van der Waals surface area contributed by atoms with E-state index in [-0.39, 0.29) is 5.41 Å². The van der Waals surface area contributed by atoms with Gasteiger partial charge in [0.1, 0.15) is 0 Å². The molecule has 0 radical (unpaired) electrons. The fourth-order valence-corrected chi connectivity index (χ4v) is 1.86. The lowest BCUT2D eigenvalue weighted by molar-refractivity contribution is 0.0639. The molecule has 0 N–H and O–H groups in total. The molecule has 0 saturated carbocycles. The Labute approximate surface area is 105 Å². The molecule has 3 heteroatoms. The predicted molar refractivity (Wildman–Crippen MR) is 68.7 cm³/mol. The summed E-state index contributed by atoms with van der Waals surface area (Å²) < 4.78 is 5.65. The summed E-state index contributed by atoms with van der Waals surface area (Å²) in [5.41, 5.74) is 1.22. The zero-order valence-electron chi connectivity index (χ0n) is 8.88. The average molecular weight is 292 g/mol. The van der Waals surface area contributed by atoms with Gasteiger partial charge in [-0.2, -0.15) is 0 Å². The maximum Gasteiger partial charge on any atom is 0.0717 e. The smallest absolute Gasteiger partial charge is 0.0717 e. The number of alkyl halides is 2. The molecule has 1 aromatic carbocycles. The van der Waals surface area contributed by atoms with Crippen molar-refractivity contribution in [2.45, 2.75) is 13.5 Å². The molecule has 0 amide bonds. The summed E-state index contributed by atoms with van der Waals surface area (Å²) in [6, 6.07) is 10.2. The van der Waals surface area contributed by atoms with Crippen LogP contribution in [0.25, 0.3) is 0 Å². The highest BCUT2D eigenvalue weighted by Gasteiger charge is 2.21. The van der Waals surface area contributed by atoms with E-state index in [4.69, 9.17) is 16.3 Å². The van der Waals surface area contributed by atoms with Crippen molar-refractivity contribution in [2.24, 2.45) is 5.41 Å². The molecule has 0 fully saturated rings. The molecule has 1 rings (SSSR count). The quantitative estimate of drug-likeness (QED) is 0.724. The summed E-state index contributed by atoms with van der Waals surface area (Å²) in [6.07, 6.45) is 0. The van der Waals surface area contributed by atoms with Crippen LogP contribution >= 0.6 is 27.5 Å². The van der Waals surface area contributed by atoms with Crippen molar-refractivity contribution in [1.82, 2.24) is 0 Å². The van der Waals surface area contributed by atoms with E-state index >= 15 is 0 Å². The normalized spacial score (nSPS) is 14.9. The van der Waals surface area contributed by atoms with E-state index in [1.807, 2.05) is 18.2 Å². The van der Waals surface area contributed by atoms with E-state index in [1.165, 1.54) is 5.56 Å². The van der Waals surface area contributed by atoms with Crippen LogP contribution in [0.4, 0.5) is 0 Å². The molecule has 0 saturated heterocycles. The highest BCUT2D eigenvalue weighted by Crippen LogP contribution is 2.22. The van der Waals surface area contributed by atoms with Crippen LogP contribution in [-0.4, -0.2) is 17.8 Å². The molecule has 0 bridgehead atoms. The standard InChI is InChI=1S/C12H16BrClO/c1-12(8-13,9-14)10-15-7-11-5-3-2-4-6-11/h2-6H,7-10H2,1H3. The van der Waals surface area contributed by atoms with Crippen molar-refractivity contribution in [2.75, 3.05) is 17.8 Å². The van der Waals surface area contributed by atoms with Crippen LogP contribution in [-0.2, 0) is 11.3 Å². The van der Waals surface area contributed by atoms with E-state index in [1.54, 1.807) is 0 Å². The number of benzene rings is 1. The zero-order chi connectivity index (χ0) is 11.1. The minimum Gasteiger partial charge on any atom is -0.376 e. The maximum atomic E-state index is 5.88. The Hall–Kier alpha value is -0.0500. The lowest BCUT2D eigenvalue weighted by atomic mass is 9.98. The monoisotopic (exact) mass is 290 g/mol. The van der Waals surface area contributed by atoms with Gasteiger partial charge in [0.05, 0.1) is 13.2 Å². The minimum absolute atomic E-state index is 0.0241. The molecule has 0 aliphatic rings. The Balaban J connectivity index is 2.33. The second-order valence-electron chi connectivity index (χ2n) is 4.06. The van der Waals surface area contributed by atoms with Crippen molar-refractivity contribution >= 4 is 27.5 Å². The fourth-order valence-electron chi connectivity index (χ4n) is 1.10. The third kappa shape index (κ3) is 4.54. The highest BCUT2D eigenvalue weighted by atomic mass is 79.9. The molecule has 84 valence electrons. The van der Waals surface area contributed by atoms with E-state index in [9.17, 15) is 0 Å². The van der Waals surface area contributed by atoms with Crippen molar-refractivity contribution in [3.05, 3.63) is 35.9 Å². The molecule has 1 nitrogen and oxygen atoms in total. The van der Waals surface area contributed by atoms with Crippen molar-refractivity contribution in [3.8, 4) is 0 Å². The van der Waals surface area contributed by atoms with Gasteiger partial charge in [0.25, 0.3) is 0 Å². The third-order valence-corrected chi connectivity index (χ3v) is 4.21. The SMILES string of the molecule is CC(CCl)(CBr)COCc1ccccc1. The summed E-state index contributed by atoms with van der Waals surface area (Å²) in [5.74, 6) is 0.604. The number of hydrogen-bond acceptors (Lipinski definition) is 1. The second-order valence-corrected chi connectivity index (χ2v) is 4.88. The van der Waals surface area contributed by atoms with Gasteiger partial charge in [-0.05, 0) is 5.56 Å². The van der Waals surface area contributed by atoms with Gasteiger partial charge in [-0.3, -0.25) is 0 Å². The third-order valence-electron chi connectivity index (χ3n) is 2.21. The largest absolute Gasteiger partial charge is 0.376 e. The van der Waals surface area contributed by atoms with Crippen LogP contribution in [0.1, 0.15) is 12.5 Å². The lowest BCUT2D eigenvalue weighted by Gasteiger charge is -2.24. The first-order valence-electron chi connectivity index (χ1n) is 4.94. The highest BCUT2D eigenvalue weighted by molar-refractivity contribution is 9.09. The molecular weight excluding hydrogens is 275 g/mol. The second kappa shape index (κ2) is 6.51.